The van der Waals surface area contributed by atoms with E-state index in [4.69, 9.17) is 11.6 Å². The first-order chi connectivity index (χ1) is 13.6. The van der Waals surface area contributed by atoms with Crippen molar-refractivity contribution in [1.82, 2.24) is 10.2 Å². The first kappa shape index (κ1) is 18.5. The zero-order valence-corrected chi connectivity index (χ0v) is 17.1. The fraction of sp³-hybridized carbons (Fsp3) is 0.0909. The number of hydrogen-bond acceptors (Lipinski definition) is 4. The molecule has 4 rings (SSSR count). The minimum atomic E-state index is -0.140. The Bertz CT molecular complexity index is 1080. The Morgan fingerprint density at radius 2 is 1.89 bits per heavy atom. The lowest BCUT2D eigenvalue weighted by Gasteiger charge is -2.30. The third-order valence-electron chi connectivity index (χ3n) is 4.70. The van der Waals surface area contributed by atoms with Crippen molar-refractivity contribution in [3.05, 3.63) is 98.3 Å². The van der Waals surface area contributed by atoms with Crippen LogP contribution in [0.4, 0.5) is 0 Å². The van der Waals surface area contributed by atoms with Gasteiger partial charge in [0.2, 0.25) is 0 Å². The highest BCUT2D eigenvalue weighted by Gasteiger charge is 2.33. The molecule has 28 heavy (non-hydrogen) atoms. The van der Waals surface area contributed by atoms with Gasteiger partial charge in [-0.15, -0.1) is 0 Å². The maximum absolute atomic E-state index is 13.3. The maximum atomic E-state index is 13.3. The molecule has 0 spiro atoms. The van der Waals surface area contributed by atoms with Crippen LogP contribution in [0.3, 0.4) is 0 Å². The van der Waals surface area contributed by atoms with Crippen LogP contribution in [0.2, 0.25) is 5.02 Å². The van der Waals surface area contributed by atoms with E-state index in [1.807, 2.05) is 30.3 Å². The molecule has 1 N–H and O–H groups in total. The van der Waals surface area contributed by atoms with E-state index in [9.17, 15) is 10.1 Å². The standard InChI is InChI=1S/C22H15BrClN3O/c23-17-5-1-14(2-6-17)19-13-16(9-10-25)20(22-26-11-12-27(19)22)21(28)15-3-7-18(24)8-4-15/h1-9,13,26H,11-12H2/b16-9+. The van der Waals surface area contributed by atoms with Gasteiger partial charge in [0.05, 0.1) is 17.3 Å². The van der Waals surface area contributed by atoms with Crippen LogP contribution in [0.1, 0.15) is 15.9 Å². The van der Waals surface area contributed by atoms with Gasteiger partial charge < -0.3 is 10.2 Å². The number of nitrogens with zero attached hydrogens (tertiary/aromatic N) is 2. The number of halogens is 2. The molecular formula is C22H15BrClN3O. The van der Waals surface area contributed by atoms with Crippen molar-refractivity contribution >= 4 is 39.0 Å². The molecule has 0 bridgehead atoms. The number of rotatable bonds is 3. The molecule has 0 radical (unpaired) electrons. The molecule has 4 nitrogen and oxygen atoms in total. The van der Waals surface area contributed by atoms with E-state index in [0.29, 0.717) is 21.7 Å². The third-order valence-corrected chi connectivity index (χ3v) is 5.48. The van der Waals surface area contributed by atoms with E-state index in [-0.39, 0.29) is 5.78 Å². The van der Waals surface area contributed by atoms with Crippen molar-refractivity contribution in [2.24, 2.45) is 0 Å². The molecule has 0 saturated carbocycles. The maximum Gasteiger partial charge on any atom is 0.197 e. The van der Waals surface area contributed by atoms with Crippen molar-refractivity contribution in [3.63, 3.8) is 0 Å². The van der Waals surface area contributed by atoms with Gasteiger partial charge in [-0.05, 0) is 48.0 Å². The zero-order valence-electron chi connectivity index (χ0n) is 14.7. The summed E-state index contributed by atoms with van der Waals surface area (Å²) in [6.07, 6.45) is 3.33. The molecule has 0 aliphatic carbocycles. The largest absolute Gasteiger partial charge is 0.369 e. The Balaban J connectivity index is 1.83. The van der Waals surface area contributed by atoms with Gasteiger partial charge in [-0.2, -0.15) is 5.26 Å². The summed E-state index contributed by atoms with van der Waals surface area (Å²) in [5.41, 5.74) is 3.61. The van der Waals surface area contributed by atoms with E-state index < -0.39 is 0 Å². The highest BCUT2D eigenvalue weighted by molar-refractivity contribution is 9.10. The van der Waals surface area contributed by atoms with Crippen LogP contribution in [0.25, 0.3) is 5.70 Å². The molecule has 2 aliphatic rings. The number of nitrogens with one attached hydrogen (secondary N) is 1. The van der Waals surface area contributed by atoms with Gasteiger partial charge in [-0.3, -0.25) is 4.79 Å². The van der Waals surface area contributed by atoms with Crippen LogP contribution in [0.5, 0.6) is 0 Å². The molecular weight excluding hydrogens is 438 g/mol. The predicted octanol–water partition coefficient (Wildman–Crippen LogP) is 4.91. The molecule has 2 aliphatic heterocycles. The SMILES string of the molecule is N#C/C=C1\C=C(c2ccc(Br)cc2)N2CCNC2=C1C(=O)c1ccc(Cl)cc1. The van der Waals surface area contributed by atoms with Crippen molar-refractivity contribution in [1.29, 1.82) is 5.26 Å². The first-order valence-electron chi connectivity index (χ1n) is 8.72. The summed E-state index contributed by atoms with van der Waals surface area (Å²) in [5.74, 6) is 0.598. The van der Waals surface area contributed by atoms with E-state index in [1.54, 1.807) is 24.3 Å². The number of carbonyl (C=O) groups is 1. The van der Waals surface area contributed by atoms with Crippen molar-refractivity contribution < 1.29 is 4.79 Å². The molecule has 2 aromatic carbocycles. The van der Waals surface area contributed by atoms with Gasteiger partial charge in [0.1, 0.15) is 5.82 Å². The van der Waals surface area contributed by atoms with E-state index in [2.05, 4.69) is 32.2 Å². The lowest BCUT2D eigenvalue weighted by atomic mass is 9.91. The number of benzene rings is 2. The van der Waals surface area contributed by atoms with Gasteiger partial charge in [-0.25, -0.2) is 0 Å². The van der Waals surface area contributed by atoms with Gasteiger partial charge >= 0.3 is 0 Å². The van der Waals surface area contributed by atoms with Crippen molar-refractivity contribution in [3.8, 4) is 6.07 Å². The number of fused-ring (bicyclic) bond motifs is 1. The average molecular weight is 453 g/mol. The van der Waals surface area contributed by atoms with E-state index >= 15 is 0 Å². The van der Waals surface area contributed by atoms with Crippen LogP contribution in [0.15, 0.2) is 82.1 Å². The molecule has 0 atom stereocenters. The number of hydrogen-bond donors (Lipinski definition) is 1. The van der Waals surface area contributed by atoms with Crippen LogP contribution in [-0.4, -0.2) is 23.8 Å². The third kappa shape index (κ3) is 3.37. The summed E-state index contributed by atoms with van der Waals surface area (Å²) < 4.78 is 0.995. The second-order valence-corrected chi connectivity index (χ2v) is 7.76. The predicted molar refractivity (Wildman–Crippen MR) is 113 cm³/mol. The smallest absolute Gasteiger partial charge is 0.197 e. The van der Waals surface area contributed by atoms with E-state index in [1.165, 1.54) is 6.08 Å². The Morgan fingerprint density at radius 3 is 2.57 bits per heavy atom. The summed E-state index contributed by atoms with van der Waals surface area (Å²) in [7, 11) is 0. The van der Waals surface area contributed by atoms with Crippen LogP contribution >= 0.6 is 27.5 Å². The summed E-state index contributed by atoms with van der Waals surface area (Å²) in [4.78, 5) is 15.4. The topological polar surface area (TPSA) is 56.1 Å². The number of Topliss-reactive ketones (excluding diaryl/α,β-unsaturated/α-hetero) is 1. The summed E-state index contributed by atoms with van der Waals surface area (Å²) in [6, 6.07) is 16.9. The molecule has 0 unspecified atom stereocenters. The normalized spacial score (nSPS) is 17.1. The second-order valence-electron chi connectivity index (χ2n) is 6.40. The molecule has 6 heteroatoms. The van der Waals surface area contributed by atoms with Crippen LogP contribution in [-0.2, 0) is 0 Å². The van der Waals surface area contributed by atoms with Gasteiger partial charge in [0.15, 0.2) is 5.78 Å². The average Bonchev–Trinajstić information content (AvgIpc) is 3.18. The van der Waals surface area contributed by atoms with Gasteiger partial charge in [0.25, 0.3) is 0 Å². The zero-order chi connectivity index (χ0) is 19.7. The first-order valence-corrected chi connectivity index (χ1v) is 9.89. The van der Waals surface area contributed by atoms with E-state index in [0.717, 1.165) is 34.6 Å². The molecule has 1 fully saturated rings. The lowest BCUT2D eigenvalue weighted by molar-refractivity contribution is 0.103. The lowest BCUT2D eigenvalue weighted by Crippen LogP contribution is -2.27. The number of ketones is 1. The van der Waals surface area contributed by atoms with Crippen LogP contribution < -0.4 is 5.32 Å². The van der Waals surface area contributed by atoms with Crippen molar-refractivity contribution in [2.75, 3.05) is 13.1 Å². The molecule has 0 aromatic heterocycles. The number of nitriles is 1. The highest BCUT2D eigenvalue weighted by atomic mass is 79.9. The summed E-state index contributed by atoms with van der Waals surface area (Å²) in [6.45, 7) is 1.47. The molecule has 138 valence electrons. The second kappa shape index (κ2) is 7.67. The fourth-order valence-electron chi connectivity index (χ4n) is 3.42. The minimum absolute atomic E-state index is 0.140. The summed E-state index contributed by atoms with van der Waals surface area (Å²) in [5, 5.41) is 13.2. The molecule has 2 aromatic rings. The molecule has 2 heterocycles. The van der Waals surface area contributed by atoms with Gasteiger partial charge in [-0.1, -0.05) is 39.7 Å². The summed E-state index contributed by atoms with van der Waals surface area (Å²) >= 11 is 9.42. The minimum Gasteiger partial charge on any atom is -0.369 e. The Hall–Kier alpha value is -2.81. The highest BCUT2D eigenvalue weighted by Crippen LogP contribution is 2.37. The molecule has 1 saturated heterocycles. The number of allylic oxidation sites excluding steroid dienone is 4. The fourth-order valence-corrected chi connectivity index (χ4v) is 3.81. The molecule has 0 amide bonds. The Kier molecular flexibility index (Phi) is 5.08. The van der Waals surface area contributed by atoms with Crippen LogP contribution in [0, 0.1) is 11.3 Å². The monoisotopic (exact) mass is 451 g/mol. The number of carbonyl (C=O) groups excluding carboxylic acids is 1. The van der Waals surface area contributed by atoms with Crippen molar-refractivity contribution in [2.45, 2.75) is 0 Å². The quantitative estimate of drug-likeness (QED) is 0.531. The Labute approximate surface area is 176 Å². The Morgan fingerprint density at radius 1 is 1.18 bits per heavy atom. The van der Waals surface area contributed by atoms with Gasteiger partial charge in [0, 0.05) is 39.8 Å².